The van der Waals surface area contributed by atoms with E-state index >= 15 is 0 Å². The molecule has 0 spiro atoms. The van der Waals surface area contributed by atoms with Crippen LogP contribution in [0.15, 0.2) is 24.3 Å². The number of hydrogen-bond donors (Lipinski definition) is 2. The average Bonchev–Trinajstić information content (AvgIpc) is 2.04. The van der Waals surface area contributed by atoms with Crippen molar-refractivity contribution in [2.24, 2.45) is 5.73 Å². The van der Waals surface area contributed by atoms with Gasteiger partial charge in [0.05, 0.1) is 0 Å². The minimum absolute atomic E-state index is 0.232. The molecule has 0 aromatic heterocycles. The Hall–Kier alpha value is -1.29. The number of aromatic hydroxyl groups is 1. The van der Waals surface area contributed by atoms with E-state index in [1.807, 2.05) is 0 Å². The lowest BCUT2D eigenvalue weighted by molar-refractivity contribution is 0.475. The third kappa shape index (κ3) is 1.85. The van der Waals surface area contributed by atoms with E-state index in [1.165, 1.54) is 0 Å². The van der Waals surface area contributed by atoms with Crippen molar-refractivity contribution in [2.75, 3.05) is 11.9 Å². The Kier molecular flexibility index (Phi) is 2.50. The van der Waals surface area contributed by atoms with Gasteiger partial charge in [-0.2, -0.15) is 0 Å². The number of nitrogens with two attached hydrogens (primary N) is 1. The molecule has 0 aliphatic rings. The summed E-state index contributed by atoms with van der Waals surface area (Å²) in [7, 11) is 1.77. The number of anilines is 1. The quantitative estimate of drug-likeness (QED) is 0.638. The summed E-state index contributed by atoms with van der Waals surface area (Å²) in [4.78, 5) is 1.66. The van der Waals surface area contributed by atoms with Crippen molar-refractivity contribution in [3.63, 3.8) is 0 Å². The first-order valence-electron chi connectivity index (χ1n) is 3.43. The Bertz CT molecular complexity index is 284. The molecule has 0 bridgehead atoms. The van der Waals surface area contributed by atoms with E-state index in [2.05, 4.69) is 0 Å². The van der Waals surface area contributed by atoms with Crippen molar-refractivity contribution >= 4 is 23.0 Å². The van der Waals surface area contributed by atoms with Crippen LogP contribution < -0.4 is 10.6 Å². The van der Waals surface area contributed by atoms with Crippen LogP contribution in [0.1, 0.15) is 0 Å². The highest BCUT2D eigenvalue weighted by molar-refractivity contribution is 7.80. The first-order valence-corrected chi connectivity index (χ1v) is 3.84. The molecule has 12 heavy (non-hydrogen) atoms. The van der Waals surface area contributed by atoms with E-state index in [9.17, 15) is 0 Å². The van der Waals surface area contributed by atoms with E-state index in [1.54, 1.807) is 36.2 Å². The maximum atomic E-state index is 8.99. The van der Waals surface area contributed by atoms with Gasteiger partial charge in [-0.15, -0.1) is 0 Å². The molecule has 3 nitrogen and oxygen atoms in total. The van der Waals surface area contributed by atoms with Gasteiger partial charge in [-0.25, -0.2) is 0 Å². The highest BCUT2D eigenvalue weighted by Crippen LogP contribution is 2.16. The second kappa shape index (κ2) is 3.40. The normalized spacial score (nSPS) is 9.42. The fourth-order valence-corrected chi connectivity index (χ4v) is 0.909. The molecular formula is C8H10N2OS. The number of phenols is 1. The van der Waals surface area contributed by atoms with Crippen LogP contribution in [-0.2, 0) is 0 Å². The van der Waals surface area contributed by atoms with Gasteiger partial charge in [0.2, 0.25) is 0 Å². The zero-order valence-electron chi connectivity index (χ0n) is 6.69. The number of rotatable bonds is 1. The van der Waals surface area contributed by atoms with Crippen molar-refractivity contribution in [1.29, 1.82) is 0 Å². The minimum atomic E-state index is 0.232. The van der Waals surface area contributed by atoms with Gasteiger partial charge in [0.1, 0.15) is 5.75 Å². The predicted octanol–water partition coefficient (Wildman–Crippen LogP) is 1.07. The molecule has 0 saturated heterocycles. The summed E-state index contributed by atoms with van der Waals surface area (Å²) in [6.07, 6.45) is 0. The molecule has 1 aromatic carbocycles. The third-order valence-electron chi connectivity index (χ3n) is 1.57. The van der Waals surface area contributed by atoms with Crippen molar-refractivity contribution in [2.45, 2.75) is 0 Å². The standard InChI is InChI=1S/C8H10N2OS/c1-10(8(9)12)6-2-4-7(11)5-3-6/h2-5,11H,1H3,(H2,9,12). The molecule has 0 saturated carbocycles. The minimum Gasteiger partial charge on any atom is -0.508 e. The molecule has 0 unspecified atom stereocenters. The third-order valence-corrected chi connectivity index (χ3v) is 1.84. The van der Waals surface area contributed by atoms with Crippen LogP contribution in [0.5, 0.6) is 5.75 Å². The van der Waals surface area contributed by atoms with Gasteiger partial charge in [-0.1, -0.05) is 0 Å². The second-order valence-electron chi connectivity index (χ2n) is 2.41. The summed E-state index contributed by atoms with van der Waals surface area (Å²) < 4.78 is 0. The SMILES string of the molecule is CN(C(N)=S)c1ccc(O)cc1. The van der Waals surface area contributed by atoms with Crippen LogP contribution >= 0.6 is 12.2 Å². The van der Waals surface area contributed by atoms with Gasteiger partial charge in [0.15, 0.2) is 5.11 Å². The average molecular weight is 182 g/mol. The summed E-state index contributed by atoms with van der Waals surface area (Å²) >= 11 is 4.77. The molecule has 0 atom stereocenters. The molecule has 1 aromatic rings. The fourth-order valence-electron chi connectivity index (χ4n) is 0.803. The summed E-state index contributed by atoms with van der Waals surface area (Å²) in [5.41, 5.74) is 6.26. The first-order chi connectivity index (χ1) is 5.61. The Morgan fingerprint density at radius 1 is 1.42 bits per heavy atom. The van der Waals surface area contributed by atoms with Crippen LogP contribution in [0.4, 0.5) is 5.69 Å². The van der Waals surface area contributed by atoms with Gasteiger partial charge in [0.25, 0.3) is 0 Å². The van der Waals surface area contributed by atoms with E-state index in [0.29, 0.717) is 5.11 Å². The Morgan fingerprint density at radius 2 is 1.92 bits per heavy atom. The maximum Gasteiger partial charge on any atom is 0.170 e. The molecule has 0 aliphatic heterocycles. The molecule has 3 N–H and O–H groups in total. The van der Waals surface area contributed by atoms with Gasteiger partial charge in [-0.3, -0.25) is 0 Å². The van der Waals surface area contributed by atoms with Crippen LogP contribution in [0.2, 0.25) is 0 Å². The molecule has 64 valence electrons. The zero-order chi connectivity index (χ0) is 9.14. The van der Waals surface area contributed by atoms with Gasteiger partial charge in [-0.05, 0) is 36.5 Å². The van der Waals surface area contributed by atoms with Crippen molar-refractivity contribution in [3.05, 3.63) is 24.3 Å². The monoisotopic (exact) mass is 182 g/mol. The van der Waals surface area contributed by atoms with Gasteiger partial charge < -0.3 is 15.7 Å². The number of phenolic OH excluding ortho intramolecular Hbond substituents is 1. The van der Waals surface area contributed by atoms with E-state index < -0.39 is 0 Å². The van der Waals surface area contributed by atoms with Gasteiger partial charge in [0, 0.05) is 12.7 Å². The number of benzene rings is 1. The lowest BCUT2D eigenvalue weighted by Gasteiger charge is -2.16. The Labute approximate surface area is 76.4 Å². The smallest absolute Gasteiger partial charge is 0.170 e. The predicted molar refractivity (Wildman–Crippen MR) is 53.3 cm³/mol. The topological polar surface area (TPSA) is 49.5 Å². The Balaban J connectivity index is 2.89. The largest absolute Gasteiger partial charge is 0.508 e. The maximum absolute atomic E-state index is 8.99. The summed E-state index contributed by atoms with van der Waals surface area (Å²) in [6.45, 7) is 0. The van der Waals surface area contributed by atoms with E-state index in [-0.39, 0.29) is 5.75 Å². The molecular weight excluding hydrogens is 172 g/mol. The molecule has 1 rings (SSSR count). The molecule has 0 amide bonds. The van der Waals surface area contributed by atoms with Crippen LogP contribution in [0, 0.1) is 0 Å². The fraction of sp³-hybridized carbons (Fsp3) is 0.125. The summed E-state index contributed by atoms with van der Waals surface area (Å²) in [5, 5.41) is 9.30. The first kappa shape index (κ1) is 8.80. The zero-order valence-corrected chi connectivity index (χ0v) is 7.51. The lowest BCUT2D eigenvalue weighted by atomic mass is 10.3. The summed E-state index contributed by atoms with van der Waals surface area (Å²) in [5.74, 6) is 0.232. The second-order valence-corrected chi connectivity index (χ2v) is 2.83. The highest BCUT2D eigenvalue weighted by Gasteiger charge is 2.01. The van der Waals surface area contributed by atoms with Crippen molar-refractivity contribution in [3.8, 4) is 5.75 Å². The van der Waals surface area contributed by atoms with Gasteiger partial charge >= 0.3 is 0 Å². The number of nitrogens with zero attached hydrogens (tertiary/aromatic N) is 1. The summed E-state index contributed by atoms with van der Waals surface area (Å²) in [6, 6.07) is 6.66. The molecule has 0 heterocycles. The van der Waals surface area contributed by atoms with Crippen LogP contribution in [-0.4, -0.2) is 17.3 Å². The Morgan fingerprint density at radius 3 is 2.33 bits per heavy atom. The molecule has 0 aliphatic carbocycles. The van der Waals surface area contributed by atoms with Crippen LogP contribution in [0.3, 0.4) is 0 Å². The number of hydrogen-bond acceptors (Lipinski definition) is 2. The van der Waals surface area contributed by atoms with Crippen molar-refractivity contribution in [1.82, 2.24) is 0 Å². The van der Waals surface area contributed by atoms with E-state index in [0.717, 1.165) is 5.69 Å². The van der Waals surface area contributed by atoms with Crippen molar-refractivity contribution < 1.29 is 5.11 Å². The van der Waals surface area contributed by atoms with E-state index in [4.69, 9.17) is 23.1 Å². The lowest BCUT2D eigenvalue weighted by Crippen LogP contribution is -2.31. The molecule has 4 heteroatoms. The number of thiocarbonyl (C=S) groups is 1. The molecule has 0 fully saturated rings. The highest BCUT2D eigenvalue weighted by atomic mass is 32.1. The molecule has 0 radical (unpaired) electrons. The van der Waals surface area contributed by atoms with Crippen LogP contribution in [0.25, 0.3) is 0 Å².